The van der Waals surface area contributed by atoms with E-state index in [0.29, 0.717) is 12.2 Å². The van der Waals surface area contributed by atoms with Crippen LogP contribution in [-0.4, -0.2) is 20.0 Å². The molecule has 0 radical (unpaired) electrons. The topological polar surface area (TPSA) is 35.5 Å². The highest BCUT2D eigenvalue weighted by atomic mass is 16.5. The van der Waals surface area contributed by atoms with Crippen LogP contribution in [0.5, 0.6) is 11.5 Å². The van der Waals surface area contributed by atoms with Gasteiger partial charge in [-0.3, -0.25) is 4.79 Å². The van der Waals surface area contributed by atoms with Crippen LogP contribution >= 0.6 is 0 Å². The van der Waals surface area contributed by atoms with Crippen molar-refractivity contribution in [2.75, 3.05) is 14.2 Å². The van der Waals surface area contributed by atoms with Gasteiger partial charge < -0.3 is 9.47 Å². The predicted molar refractivity (Wildman–Crippen MR) is 70.4 cm³/mol. The molecular formula is C15H20O3. The number of carbonyl (C=O) groups excluding carboxylic acids is 1. The highest BCUT2D eigenvalue weighted by Gasteiger charge is 2.25. The van der Waals surface area contributed by atoms with Gasteiger partial charge in [-0.2, -0.15) is 0 Å². The first-order valence-electron chi connectivity index (χ1n) is 6.51. The Morgan fingerprint density at radius 3 is 2.67 bits per heavy atom. The Hall–Kier alpha value is -1.51. The van der Waals surface area contributed by atoms with Gasteiger partial charge in [0.05, 0.1) is 14.2 Å². The van der Waals surface area contributed by atoms with E-state index in [1.807, 2.05) is 18.2 Å². The summed E-state index contributed by atoms with van der Waals surface area (Å²) < 4.78 is 10.6. The minimum Gasteiger partial charge on any atom is -0.497 e. The van der Waals surface area contributed by atoms with E-state index in [4.69, 9.17) is 9.47 Å². The molecule has 1 aliphatic rings. The predicted octanol–water partition coefficient (Wildman–Crippen LogP) is 3.32. The van der Waals surface area contributed by atoms with Crippen LogP contribution in [0.1, 0.15) is 43.6 Å². The van der Waals surface area contributed by atoms with Crippen LogP contribution in [0.15, 0.2) is 18.2 Å². The second-order valence-electron chi connectivity index (χ2n) is 4.73. The van der Waals surface area contributed by atoms with Crippen LogP contribution in [0.2, 0.25) is 0 Å². The molecule has 2 rings (SSSR count). The zero-order valence-electron chi connectivity index (χ0n) is 11.1. The summed E-state index contributed by atoms with van der Waals surface area (Å²) in [4.78, 5) is 12.2. The lowest BCUT2D eigenvalue weighted by molar-refractivity contribution is -0.120. The first kappa shape index (κ1) is 12.9. The van der Waals surface area contributed by atoms with E-state index in [-0.39, 0.29) is 5.92 Å². The summed E-state index contributed by atoms with van der Waals surface area (Å²) in [6.07, 6.45) is 4.92. The number of benzene rings is 1. The van der Waals surface area contributed by atoms with Gasteiger partial charge in [-0.1, -0.05) is 18.9 Å². The fourth-order valence-electron chi connectivity index (χ4n) is 2.59. The van der Waals surface area contributed by atoms with Gasteiger partial charge in [0.2, 0.25) is 0 Å². The molecule has 0 aromatic heterocycles. The molecular weight excluding hydrogens is 228 g/mol. The van der Waals surface area contributed by atoms with Crippen molar-refractivity contribution in [2.24, 2.45) is 0 Å². The number of carbonyl (C=O) groups is 1. The first-order chi connectivity index (χ1) is 8.76. The zero-order valence-corrected chi connectivity index (χ0v) is 11.1. The molecule has 1 aliphatic carbocycles. The van der Waals surface area contributed by atoms with Gasteiger partial charge in [0, 0.05) is 24.0 Å². The third-order valence-electron chi connectivity index (χ3n) is 3.62. The standard InChI is InChI=1S/C15H20O3/c1-17-11-8-9-13(15(10-11)18-2)12-6-4-3-5-7-14(12)16/h8-10,12H,3-7H2,1-2H3. The smallest absolute Gasteiger partial charge is 0.140 e. The van der Waals surface area contributed by atoms with Crippen LogP contribution in [0.25, 0.3) is 0 Å². The molecule has 0 bridgehead atoms. The quantitative estimate of drug-likeness (QED) is 0.770. The Kier molecular flexibility index (Phi) is 4.24. The van der Waals surface area contributed by atoms with Crippen molar-refractivity contribution in [3.05, 3.63) is 23.8 Å². The zero-order chi connectivity index (χ0) is 13.0. The molecule has 1 aromatic rings. The summed E-state index contributed by atoms with van der Waals surface area (Å²) in [6, 6.07) is 5.72. The van der Waals surface area contributed by atoms with E-state index in [1.165, 1.54) is 0 Å². The Labute approximate surface area is 108 Å². The van der Waals surface area contributed by atoms with Crippen LogP contribution in [-0.2, 0) is 4.79 Å². The van der Waals surface area contributed by atoms with E-state index >= 15 is 0 Å². The van der Waals surface area contributed by atoms with Crippen LogP contribution in [0.3, 0.4) is 0 Å². The van der Waals surface area contributed by atoms with Gasteiger partial charge in [-0.15, -0.1) is 0 Å². The summed E-state index contributed by atoms with van der Waals surface area (Å²) in [5.74, 6) is 1.86. The van der Waals surface area contributed by atoms with E-state index in [2.05, 4.69) is 0 Å². The van der Waals surface area contributed by atoms with Gasteiger partial charge in [-0.25, -0.2) is 0 Å². The molecule has 1 saturated carbocycles. The van der Waals surface area contributed by atoms with Crippen LogP contribution < -0.4 is 9.47 Å². The molecule has 0 aliphatic heterocycles. The van der Waals surface area contributed by atoms with E-state index in [1.54, 1.807) is 14.2 Å². The minimum absolute atomic E-state index is 0.00615. The molecule has 18 heavy (non-hydrogen) atoms. The van der Waals surface area contributed by atoms with Gasteiger partial charge in [0.25, 0.3) is 0 Å². The van der Waals surface area contributed by atoms with Gasteiger partial charge >= 0.3 is 0 Å². The van der Waals surface area contributed by atoms with Crippen molar-refractivity contribution in [1.82, 2.24) is 0 Å². The molecule has 0 heterocycles. The average molecular weight is 248 g/mol. The monoisotopic (exact) mass is 248 g/mol. The lowest BCUT2D eigenvalue weighted by Crippen LogP contribution is -2.11. The Bertz CT molecular complexity index is 426. The van der Waals surface area contributed by atoms with Crippen molar-refractivity contribution >= 4 is 5.78 Å². The van der Waals surface area contributed by atoms with Crippen molar-refractivity contribution < 1.29 is 14.3 Å². The molecule has 0 N–H and O–H groups in total. The largest absolute Gasteiger partial charge is 0.497 e. The maximum atomic E-state index is 12.2. The van der Waals surface area contributed by atoms with Crippen LogP contribution in [0, 0.1) is 0 Å². The van der Waals surface area contributed by atoms with Crippen LogP contribution in [0.4, 0.5) is 0 Å². The lowest BCUT2D eigenvalue weighted by atomic mass is 9.90. The Balaban J connectivity index is 2.33. The van der Waals surface area contributed by atoms with Crippen molar-refractivity contribution in [1.29, 1.82) is 0 Å². The van der Waals surface area contributed by atoms with E-state index < -0.39 is 0 Å². The summed E-state index contributed by atoms with van der Waals surface area (Å²) in [7, 11) is 3.27. The fourth-order valence-corrected chi connectivity index (χ4v) is 2.59. The summed E-state index contributed by atoms with van der Waals surface area (Å²) in [5.41, 5.74) is 1.00. The third-order valence-corrected chi connectivity index (χ3v) is 3.62. The SMILES string of the molecule is COc1ccc(C2CCCCCC2=O)c(OC)c1. The van der Waals surface area contributed by atoms with Gasteiger partial charge in [0.1, 0.15) is 17.3 Å². The third kappa shape index (κ3) is 2.66. The molecule has 3 nitrogen and oxygen atoms in total. The highest BCUT2D eigenvalue weighted by Crippen LogP contribution is 2.36. The lowest BCUT2D eigenvalue weighted by Gasteiger charge is -2.17. The van der Waals surface area contributed by atoms with Crippen molar-refractivity contribution in [2.45, 2.75) is 38.0 Å². The number of hydrogen-bond acceptors (Lipinski definition) is 3. The summed E-state index contributed by atoms with van der Waals surface area (Å²) >= 11 is 0. The molecule has 3 heteroatoms. The summed E-state index contributed by atoms with van der Waals surface area (Å²) in [5, 5.41) is 0. The maximum absolute atomic E-state index is 12.2. The molecule has 0 spiro atoms. The van der Waals surface area contributed by atoms with Gasteiger partial charge in [0.15, 0.2) is 0 Å². The maximum Gasteiger partial charge on any atom is 0.140 e. The normalized spacial score (nSPS) is 20.3. The number of ether oxygens (including phenoxy) is 2. The Morgan fingerprint density at radius 2 is 1.94 bits per heavy atom. The van der Waals surface area contributed by atoms with E-state index in [0.717, 1.165) is 42.7 Å². The molecule has 1 fully saturated rings. The number of hydrogen-bond donors (Lipinski definition) is 0. The molecule has 1 aromatic carbocycles. The average Bonchev–Trinajstić information content (AvgIpc) is 2.62. The van der Waals surface area contributed by atoms with E-state index in [9.17, 15) is 4.79 Å². The second-order valence-corrected chi connectivity index (χ2v) is 4.73. The second kappa shape index (κ2) is 5.89. The Morgan fingerprint density at radius 1 is 1.11 bits per heavy atom. The number of rotatable bonds is 3. The number of Topliss-reactive ketones (excluding diaryl/α,β-unsaturated/α-hetero) is 1. The summed E-state index contributed by atoms with van der Waals surface area (Å²) in [6.45, 7) is 0. The minimum atomic E-state index is -0.00615. The van der Waals surface area contributed by atoms with Gasteiger partial charge in [-0.05, 0) is 18.9 Å². The van der Waals surface area contributed by atoms with Crippen molar-refractivity contribution in [3.63, 3.8) is 0 Å². The molecule has 1 unspecified atom stereocenters. The number of methoxy groups -OCH3 is 2. The highest BCUT2D eigenvalue weighted by molar-refractivity contribution is 5.86. The first-order valence-corrected chi connectivity index (χ1v) is 6.51. The molecule has 1 atom stereocenters. The molecule has 0 saturated heterocycles. The molecule has 98 valence electrons. The number of ketones is 1. The van der Waals surface area contributed by atoms with Crippen molar-refractivity contribution in [3.8, 4) is 11.5 Å². The molecule has 0 amide bonds. The fraction of sp³-hybridized carbons (Fsp3) is 0.533.